The molecule has 1 aliphatic rings. The molecule has 0 saturated carbocycles. The normalized spacial score (nSPS) is 20.3. The summed E-state index contributed by atoms with van der Waals surface area (Å²) >= 11 is 0. The standard InChI is InChI=1S/C14H30N2.CH4/c1-5-6-14(11-13(2)3)12-16-9-7-15(4)8-10-16;/h13-14H,5-12H2,1-4H3;1H4. The minimum absolute atomic E-state index is 0. The van der Waals surface area contributed by atoms with E-state index in [1.165, 1.54) is 52.0 Å². The van der Waals surface area contributed by atoms with Gasteiger partial charge in [-0.2, -0.15) is 0 Å². The van der Waals surface area contributed by atoms with Crippen LogP contribution in [0.3, 0.4) is 0 Å². The fourth-order valence-corrected chi connectivity index (χ4v) is 2.75. The summed E-state index contributed by atoms with van der Waals surface area (Å²) in [6, 6.07) is 0. The Morgan fingerprint density at radius 1 is 1.06 bits per heavy atom. The van der Waals surface area contributed by atoms with Gasteiger partial charge in [-0.05, 0) is 31.7 Å². The van der Waals surface area contributed by atoms with Crippen molar-refractivity contribution in [2.24, 2.45) is 11.8 Å². The zero-order chi connectivity index (χ0) is 12.0. The van der Waals surface area contributed by atoms with Crippen molar-refractivity contribution in [2.45, 2.75) is 47.5 Å². The van der Waals surface area contributed by atoms with Crippen LogP contribution in [-0.4, -0.2) is 49.6 Å². The Labute approximate surface area is 109 Å². The Hall–Kier alpha value is -0.0800. The molecule has 1 saturated heterocycles. The highest BCUT2D eigenvalue weighted by atomic mass is 15.2. The molecule has 1 aliphatic heterocycles. The van der Waals surface area contributed by atoms with Crippen LogP contribution in [0.2, 0.25) is 0 Å². The van der Waals surface area contributed by atoms with E-state index < -0.39 is 0 Å². The average Bonchev–Trinajstić information content (AvgIpc) is 2.21. The Kier molecular flexibility index (Phi) is 8.89. The number of piperazine rings is 1. The lowest BCUT2D eigenvalue weighted by Crippen LogP contribution is -2.46. The summed E-state index contributed by atoms with van der Waals surface area (Å²) in [7, 11) is 2.23. The molecule has 0 aromatic rings. The molecule has 1 heterocycles. The van der Waals surface area contributed by atoms with E-state index >= 15 is 0 Å². The smallest absolute Gasteiger partial charge is 0.0110 e. The molecule has 1 unspecified atom stereocenters. The van der Waals surface area contributed by atoms with Gasteiger partial charge in [0.1, 0.15) is 0 Å². The van der Waals surface area contributed by atoms with E-state index in [2.05, 4.69) is 37.6 Å². The molecule has 0 bridgehead atoms. The van der Waals surface area contributed by atoms with Gasteiger partial charge in [0.05, 0.1) is 0 Å². The van der Waals surface area contributed by atoms with Gasteiger partial charge in [0.25, 0.3) is 0 Å². The third kappa shape index (κ3) is 7.05. The van der Waals surface area contributed by atoms with Gasteiger partial charge in [-0.25, -0.2) is 0 Å². The molecule has 1 atom stereocenters. The van der Waals surface area contributed by atoms with Gasteiger partial charge in [-0.3, -0.25) is 0 Å². The number of hydrogen-bond acceptors (Lipinski definition) is 2. The molecular weight excluding hydrogens is 208 g/mol. The van der Waals surface area contributed by atoms with Crippen molar-refractivity contribution < 1.29 is 0 Å². The SMILES string of the molecule is C.CCCC(CC(C)C)CN1CCN(C)CC1. The van der Waals surface area contributed by atoms with Gasteiger partial charge < -0.3 is 9.80 Å². The quantitative estimate of drug-likeness (QED) is 0.705. The van der Waals surface area contributed by atoms with Gasteiger partial charge in [0.2, 0.25) is 0 Å². The van der Waals surface area contributed by atoms with Gasteiger partial charge >= 0.3 is 0 Å². The van der Waals surface area contributed by atoms with Crippen LogP contribution in [0.25, 0.3) is 0 Å². The molecule has 0 aromatic carbocycles. The summed E-state index contributed by atoms with van der Waals surface area (Å²) in [6.45, 7) is 13.4. The summed E-state index contributed by atoms with van der Waals surface area (Å²) in [5.41, 5.74) is 0. The lowest BCUT2D eigenvalue weighted by molar-refractivity contribution is 0.127. The zero-order valence-electron chi connectivity index (χ0n) is 11.7. The first-order chi connectivity index (χ1) is 7.61. The number of rotatable bonds is 6. The molecule has 104 valence electrons. The second-order valence-corrected chi connectivity index (χ2v) is 5.89. The predicted octanol–water partition coefficient (Wildman–Crippen LogP) is 3.33. The summed E-state index contributed by atoms with van der Waals surface area (Å²) in [6.07, 6.45) is 4.15. The maximum atomic E-state index is 2.67. The highest BCUT2D eigenvalue weighted by Gasteiger charge is 2.18. The van der Waals surface area contributed by atoms with Crippen LogP contribution in [0.1, 0.15) is 47.5 Å². The Morgan fingerprint density at radius 3 is 2.12 bits per heavy atom. The lowest BCUT2D eigenvalue weighted by atomic mass is 9.92. The molecule has 2 nitrogen and oxygen atoms in total. The molecule has 0 amide bonds. The first-order valence-electron chi connectivity index (χ1n) is 7.02. The minimum Gasteiger partial charge on any atom is -0.304 e. The molecule has 0 N–H and O–H groups in total. The van der Waals surface area contributed by atoms with Crippen LogP contribution in [0.15, 0.2) is 0 Å². The minimum atomic E-state index is 0. The van der Waals surface area contributed by atoms with Crippen molar-refractivity contribution in [3.8, 4) is 0 Å². The molecule has 0 aromatic heterocycles. The van der Waals surface area contributed by atoms with E-state index in [0.717, 1.165) is 11.8 Å². The van der Waals surface area contributed by atoms with E-state index in [1.54, 1.807) is 0 Å². The Morgan fingerprint density at radius 2 is 1.65 bits per heavy atom. The summed E-state index contributed by atoms with van der Waals surface area (Å²) in [5, 5.41) is 0. The van der Waals surface area contributed by atoms with Crippen LogP contribution in [-0.2, 0) is 0 Å². The molecule has 2 heteroatoms. The van der Waals surface area contributed by atoms with Crippen molar-refractivity contribution in [2.75, 3.05) is 39.8 Å². The average molecular weight is 242 g/mol. The predicted molar refractivity (Wildman–Crippen MR) is 78.5 cm³/mol. The second kappa shape index (κ2) is 8.93. The number of hydrogen-bond donors (Lipinski definition) is 0. The van der Waals surface area contributed by atoms with Crippen LogP contribution in [0.5, 0.6) is 0 Å². The topological polar surface area (TPSA) is 6.48 Å². The van der Waals surface area contributed by atoms with Crippen molar-refractivity contribution in [1.82, 2.24) is 9.80 Å². The van der Waals surface area contributed by atoms with Crippen molar-refractivity contribution in [3.05, 3.63) is 0 Å². The first kappa shape index (κ1) is 16.9. The zero-order valence-corrected chi connectivity index (χ0v) is 11.7. The van der Waals surface area contributed by atoms with Crippen LogP contribution >= 0.6 is 0 Å². The van der Waals surface area contributed by atoms with Gasteiger partial charge in [-0.15, -0.1) is 0 Å². The highest BCUT2D eigenvalue weighted by Crippen LogP contribution is 2.19. The molecule has 0 spiro atoms. The molecule has 0 aliphatic carbocycles. The van der Waals surface area contributed by atoms with Crippen molar-refractivity contribution >= 4 is 0 Å². The molecule has 17 heavy (non-hydrogen) atoms. The fraction of sp³-hybridized carbons (Fsp3) is 1.00. The molecule has 0 radical (unpaired) electrons. The van der Waals surface area contributed by atoms with Crippen LogP contribution in [0.4, 0.5) is 0 Å². The lowest BCUT2D eigenvalue weighted by Gasteiger charge is -2.35. The van der Waals surface area contributed by atoms with Crippen molar-refractivity contribution in [1.29, 1.82) is 0 Å². The largest absolute Gasteiger partial charge is 0.304 e. The fourth-order valence-electron chi connectivity index (χ4n) is 2.75. The van der Waals surface area contributed by atoms with E-state index in [1.807, 2.05) is 0 Å². The molecule has 1 rings (SSSR count). The maximum Gasteiger partial charge on any atom is 0.0110 e. The Balaban J connectivity index is 0.00000256. The highest BCUT2D eigenvalue weighted by molar-refractivity contribution is 4.73. The third-order valence-electron chi connectivity index (χ3n) is 3.61. The summed E-state index contributed by atoms with van der Waals surface area (Å²) < 4.78 is 0. The van der Waals surface area contributed by atoms with Gasteiger partial charge in [0.15, 0.2) is 0 Å². The van der Waals surface area contributed by atoms with E-state index in [-0.39, 0.29) is 7.43 Å². The van der Waals surface area contributed by atoms with Gasteiger partial charge in [0, 0.05) is 32.7 Å². The number of likely N-dealkylation sites (N-methyl/N-ethyl adjacent to an activating group) is 1. The number of nitrogens with zero attached hydrogens (tertiary/aromatic N) is 2. The molecule has 1 fully saturated rings. The Bertz CT molecular complexity index is 172. The van der Waals surface area contributed by atoms with E-state index in [9.17, 15) is 0 Å². The summed E-state index contributed by atoms with van der Waals surface area (Å²) in [5.74, 6) is 1.78. The first-order valence-corrected chi connectivity index (χ1v) is 7.02. The van der Waals surface area contributed by atoms with Crippen molar-refractivity contribution in [3.63, 3.8) is 0 Å². The second-order valence-electron chi connectivity index (χ2n) is 5.89. The van der Waals surface area contributed by atoms with E-state index in [4.69, 9.17) is 0 Å². The van der Waals surface area contributed by atoms with Crippen LogP contribution in [0, 0.1) is 11.8 Å². The third-order valence-corrected chi connectivity index (χ3v) is 3.61. The maximum absolute atomic E-state index is 2.67. The summed E-state index contributed by atoms with van der Waals surface area (Å²) in [4.78, 5) is 5.11. The van der Waals surface area contributed by atoms with E-state index in [0.29, 0.717) is 0 Å². The van der Waals surface area contributed by atoms with Crippen LogP contribution < -0.4 is 0 Å². The molecular formula is C15H34N2. The monoisotopic (exact) mass is 242 g/mol. The van der Waals surface area contributed by atoms with Gasteiger partial charge in [-0.1, -0.05) is 34.6 Å².